The minimum Gasteiger partial charge on any atom is -0.467 e. The molecular formula is C29H35N7O2. The lowest BCUT2D eigenvalue weighted by Crippen LogP contribution is -2.50. The average molecular weight is 514 g/mol. The summed E-state index contributed by atoms with van der Waals surface area (Å²) in [6.07, 6.45) is 3.24. The molecule has 0 spiro atoms. The summed E-state index contributed by atoms with van der Waals surface area (Å²) in [6.45, 7) is 3.14. The number of carbonyl (C=O) groups excluding carboxylic acids is 1. The fraction of sp³-hybridized carbons (Fsp3) is 0.379. The fourth-order valence-corrected chi connectivity index (χ4v) is 5.26. The molecule has 0 bridgehead atoms. The molecule has 0 aliphatic carbocycles. The van der Waals surface area contributed by atoms with Crippen LogP contribution in [0, 0.1) is 6.92 Å². The highest BCUT2D eigenvalue weighted by molar-refractivity contribution is 5.89. The number of ether oxygens (including phenoxy) is 1. The quantitative estimate of drug-likeness (QED) is 0.291. The van der Waals surface area contributed by atoms with Gasteiger partial charge in [-0.1, -0.05) is 48.0 Å². The second-order valence-electron chi connectivity index (χ2n) is 9.78. The van der Waals surface area contributed by atoms with E-state index in [1.807, 2.05) is 17.0 Å². The van der Waals surface area contributed by atoms with Crippen molar-refractivity contribution in [3.8, 4) is 0 Å². The molecule has 4 aromatic rings. The van der Waals surface area contributed by atoms with Crippen LogP contribution in [0.5, 0.6) is 0 Å². The van der Waals surface area contributed by atoms with Crippen LogP contribution in [0.15, 0.2) is 48.5 Å². The smallest absolute Gasteiger partial charge is 0.328 e. The molecule has 9 heteroatoms. The van der Waals surface area contributed by atoms with E-state index in [1.165, 1.54) is 7.11 Å². The van der Waals surface area contributed by atoms with Crippen LogP contribution in [-0.4, -0.2) is 52.1 Å². The molecule has 5 rings (SSSR count). The Morgan fingerprint density at radius 1 is 1.00 bits per heavy atom. The number of aromatic nitrogens is 4. The molecular weight excluding hydrogens is 478 g/mol. The van der Waals surface area contributed by atoms with Crippen LogP contribution in [0.3, 0.4) is 0 Å². The number of nitrogens with zero attached hydrogens (tertiary/aromatic N) is 4. The molecule has 38 heavy (non-hydrogen) atoms. The molecule has 2 aromatic carbocycles. The highest BCUT2D eigenvalue weighted by atomic mass is 16.5. The minimum atomic E-state index is -0.620. The first-order valence-corrected chi connectivity index (χ1v) is 13.2. The van der Waals surface area contributed by atoms with Gasteiger partial charge in [-0.2, -0.15) is 9.97 Å². The van der Waals surface area contributed by atoms with E-state index in [1.54, 1.807) is 0 Å². The van der Waals surface area contributed by atoms with Gasteiger partial charge in [0.25, 0.3) is 0 Å². The van der Waals surface area contributed by atoms with E-state index in [9.17, 15) is 4.79 Å². The van der Waals surface area contributed by atoms with Crippen molar-refractivity contribution in [3.05, 3.63) is 82.6 Å². The van der Waals surface area contributed by atoms with Crippen molar-refractivity contribution >= 4 is 22.8 Å². The molecule has 1 aliphatic heterocycles. The monoisotopic (exact) mass is 513 g/mol. The number of aryl methyl sites for hydroxylation is 3. The molecule has 9 nitrogen and oxygen atoms in total. The molecule has 0 amide bonds. The Morgan fingerprint density at radius 3 is 2.29 bits per heavy atom. The van der Waals surface area contributed by atoms with E-state index in [4.69, 9.17) is 31.2 Å². The second-order valence-corrected chi connectivity index (χ2v) is 9.78. The Morgan fingerprint density at radius 2 is 1.66 bits per heavy atom. The molecule has 2 aromatic heterocycles. The fourth-order valence-electron chi connectivity index (χ4n) is 5.26. The maximum atomic E-state index is 13.4. The molecule has 3 heterocycles. The van der Waals surface area contributed by atoms with Crippen LogP contribution >= 0.6 is 0 Å². The van der Waals surface area contributed by atoms with Gasteiger partial charge in [-0.3, -0.25) is 0 Å². The number of benzene rings is 2. The second kappa shape index (κ2) is 11.3. The molecule has 0 saturated heterocycles. The number of hydrogen-bond acceptors (Lipinski definition) is 8. The number of esters is 1. The third-order valence-corrected chi connectivity index (χ3v) is 7.15. The van der Waals surface area contributed by atoms with Crippen LogP contribution in [0.25, 0.3) is 10.9 Å². The number of anilines is 1. The lowest BCUT2D eigenvalue weighted by atomic mass is 9.88. The zero-order valence-electron chi connectivity index (χ0n) is 22.0. The number of hydrogen-bond donors (Lipinski definition) is 3. The average Bonchev–Trinajstić information content (AvgIpc) is 3.32. The lowest BCUT2D eigenvalue weighted by molar-refractivity contribution is -0.142. The van der Waals surface area contributed by atoms with Gasteiger partial charge in [0, 0.05) is 35.9 Å². The highest BCUT2D eigenvalue weighted by Crippen LogP contribution is 2.42. The number of nitrogens with two attached hydrogens (primary N) is 2. The predicted molar refractivity (Wildman–Crippen MR) is 148 cm³/mol. The molecule has 198 valence electrons. The Hall–Kier alpha value is -3.82. The third-order valence-electron chi connectivity index (χ3n) is 7.15. The number of aromatic amines is 1. The van der Waals surface area contributed by atoms with Crippen LogP contribution in [0.2, 0.25) is 0 Å². The maximum absolute atomic E-state index is 13.4. The van der Waals surface area contributed by atoms with Crippen molar-refractivity contribution in [1.82, 2.24) is 19.9 Å². The number of rotatable bonds is 9. The Balaban J connectivity index is 1.74. The molecule has 5 N–H and O–H groups in total. The number of methoxy groups -OCH3 is 1. The summed E-state index contributed by atoms with van der Waals surface area (Å²) in [5, 5.41) is 1.11. The SMILES string of the molecule is COC(=O)C1Cc2c([nH]c3ccccc23)C(c2ccc(C)cc2)N1c1nc(CCCN)nc(CCCN)n1. The van der Waals surface area contributed by atoms with Crippen LogP contribution < -0.4 is 16.4 Å². The zero-order valence-corrected chi connectivity index (χ0v) is 22.0. The van der Waals surface area contributed by atoms with Crippen molar-refractivity contribution in [1.29, 1.82) is 0 Å². The van der Waals surface area contributed by atoms with Crippen molar-refractivity contribution in [2.75, 3.05) is 25.1 Å². The summed E-state index contributed by atoms with van der Waals surface area (Å²) in [7, 11) is 1.43. The Labute approximate surface area is 222 Å². The van der Waals surface area contributed by atoms with Crippen LogP contribution in [0.1, 0.15) is 52.9 Å². The van der Waals surface area contributed by atoms with Gasteiger partial charge in [0.2, 0.25) is 5.95 Å². The van der Waals surface area contributed by atoms with E-state index >= 15 is 0 Å². The number of para-hydroxylation sites is 1. The summed E-state index contributed by atoms with van der Waals surface area (Å²) in [4.78, 5) is 33.5. The van der Waals surface area contributed by atoms with Gasteiger partial charge in [0.1, 0.15) is 17.7 Å². The number of carbonyl (C=O) groups is 1. The first-order chi connectivity index (χ1) is 18.5. The molecule has 2 atom stereocenters. The molecule has 0 saturated carbocycles. The molecule has 0 radical (unpaired) electrons. The largest absolute Gasteiger partial charge is 0.467 e. The van der Waals surface area contributed by atoms with E-state index in [2.05, 4.69) is 48.3 Å². The topological polar surface area (TPSA) is 136 Å². The van der Waals surface area contributed by atoms with Gasteiger partial charge in [0.15, 0.2) is 0 Å². The highest BCUT2D eigenvalue weighted by Gasteiger charge is 2.43. The molecule has 1 aliphatic rings. The van der Waals surface area contributed by atoms with Crippen molar-refractivity contribution in [3.63, 3.8) is 0 Å². The van der Waals surface area contributed by atoms with Crippen molar-refractivity contribution in [2.24, 2.45) is 11.5 Å². The summed E-state index contributed by atoms with van der Waals surface area (Å²) in [5.41, 5.74) is 16.9. The normalized spacial score (nSPS) is 17.0. The zero-order chi connectivity index (χ0) is 26.6. The Bertz CT molecular complexity index is 1390. The summed E-state index contributed by atoms with van der Waals surface area (Å²) in [5.74, 6) is 1.47. The summed E-state index contributed by atoms with van der Waals surface area (Å²) in [6, 6.07) is 15.6. The van der Waals surface area contributed by atoms with Gasteiger partial charge in [-0.05, 0) is 50.0 Å². The Kier molecular flexibility index (Phi) is 7.67. The van der Waals surface area contributed by atoms with Gasteiger partial charge in [0.05, 0.1) is 13.2 Å². The minimum absolute atomic E-state index is 0.328. The van der Waals surface area contributed by atoms with E-state index < -0.39 is 6.04 Å². The maximum Gasteiger partial charge on any atom is 0.328 e. The standard InChI is InChI=1S/C29H35N7O2/c1-18-11-13-19(14-12-18)27-26-21(20-7-3-4-8-22(20)32-26)17-23(28(37)38-2)36(27)29-34-24(9-5-15-30)33-25(35-29)10-6-16-31/h3-4,7-8,11-14,23,27,32H,5-6,9-10,15-17,30-31H2,1-2H3. The lowest BCUT2D eigenvalue weighted by Gasteiger charge is -2.41. The third kappa shape index (κ3) is 4.99. The number of H-pyrrole nitrogens is 1. The summed E-state index contributed by atoms with van der Waals surface area (Å²) < 4.78 is 5.34. The van der Waals surface area contributed by atoms with Crippen LogP contribution in [0.4, 0.5) is 5.95 Å². The van der Waals surface area contributed by atoms with Crippen LogP contribution in [-0.2, 0) is 28.8 Å². The van der Waals surface area contributed by atoms with Gasteiger partial charge < -0.3 is 26.1 Å². The first kappa shape index (κ1) is 25.8. The van der Waals surface area contributed by atoms with Gasteiger partial charge >= 0.3 is 5.97 Å². The molecule has 0 fully saturated rings. The van der Waals surface area contributed by atoms with Gasteiger partial charge in [-0.15, -0.1) is 0 Å². The summed E-state index contributed by atoms with van der Waals surface area (Å²) >= 11 is 0. The molecule has 2 unspecified atom stereocenters. The van der Waals surface area contributed by atoms with E-state index in [-0.39, 0.29) is 12.0 Å². The number of nitrogens with one attached hydrogen (secondary N) is 1. The predicted octanol–water partition coefficient (Wildman–Crippen LogP) is 3.14. The van der Waals surface area contributed by atoms with E-state index in [0.717, 1.165) is 46.1 Å². The van der Waals surface area contributed by atoms with Crippen molar-refractivity contribution < 1.29 is 9.53 Å². The van der Waals surface area contributed by atoms with Gasteiger partial charge in [-0.25, -0.2) is 9.78 Å². The number of fused-ring (bicyclic) bond motifs is 3. The van der Waals surface area contributed by atoms with E-state index in [0.29, 0.717) is 49.9 Å². The first-order valence-electron chi connectivity index (χ1n) is 13.2. The van der Waals surface area contributed by atoms with Crippen molar-refractivity contribution in [2.45, 2.75) is 51.1 Å².